The number of hydrazone groups is 1. The third-order valence-corrected chi connectivity index (χ3v) is 1.74. The number of benzene rings is 1. The fraction of sp³-hybridized carbons (Fsp3) is 0.273. The molecule has 0 aromatic heterocycles. The third-order valence-electron chi connectivity index (χ3n) is 1.74. The Labute approximate surface area is 101 Å². The van der Waals surface area contributed by atoms with Crippen molar-refractivity contribution < 1.29 is 4.79 Å². The number of amidine groups is 1. The maximum Gasteiger partial charge on any atom is 0.221 e. The molecule has 0 aliphatic heterocycles. The van der Waals surface area contributed by atoms with E-state index in [1.807, 2.05) is 13.8 Å². The average Bonchev–Trinajstić information content (AvgIpc) is 2.35. The van der Waals surface area contributed by atoms with E-state index in [-0.39, 0.29) is 5.91 Å². The highest BCUT2D eigenvalue weighted by molar-refractivity contribution is 5.98. The lowest BCUT2D eigenvalue weighted by molar-refractivity contribution is -0.114. The van der Waals surface area contributed by atoms with E-state index >= 15 is 0 Å². The fourth-order valence-electron chi connectivity index (χ4n) is 1.11. The largest absolute Gasteiger partial charge is 0.326 e. The second-order valence-electron chi connectivity index (χ2n) is 2.88. The molecule has 0 atom stereocenters. The van der Waals surface area contributed by atoms with Crippen molar-refractivity contribution >= 4 is 17.4 Å². The Morgan fingerprint density at radius 3 is 2.12 bits per heavy atom. The van der Waals surface area contributed by atoms with E-state index in [0.717, 1.165) is 5.56 Å². The van der Waals surface area contributed by atoms with Crippen molar-refractivity contribution in [2.75, 3.05) is 5.32 Å². The van der Waals surface area contributed by atoms with Gasteiger partial charge in [0, 0.05) is 18.2 Å². The van der Waals surface area contributed by atoms with E-state index < -0.39 is 0 Å². The number of nitrogens with zero attached hydrogens (tertiary/aromatic N) is 1. The lowest BCUT2D eigenvalue weighted by Crippen LogP contribution is -2.31. The topological polar surface area (TPSA) is 106 Å². The monoisotopic (exact) mass is 237 g/mol. The van der Waals surface area contributed by atoms with Crippen molar-refractivity contribution in [3.05, 3.63) is 29.8 Å². The highest BCUT2D eigenvalue weighted by Gasteiger charge is 2.01. The molecule has 1 aromatic rings. The van der Waals surface area contributed by atoms with Crippen molar-refractivity contribution in [1.82, 2.24) is 5.43 Å². The first-order valence-electron chi connectivity index (χ1n) is 5.30. The summed E-state index contributed by atoms with van der Waals surface area (Å²) in [5, 5.41) is 6.11. The van der Waals surface area contributed by atoms with Gasteiger partial charge < -0.3 is 16.6 Å². The molecule has 0 bridgehead atoms. The van der Waals surface area contributed by atoms with Gasteiger partial charge >= 0.3 is 0 Å². The molecule has 0 heterocycles. The number of hydrogen-bond donors (Lipinski definition) is 4. The molecule has 0 aliphatic carbocycles. The molecule has 0 saturated carbocycles. The van der Waals surface area contributed by atoms with E-state index in [2.05, 4.69) is 15.8 Å². The van der Waals surface area contributed by atoms with E-state index in [1.54, 1.807) is 24.3 Å². The van der Waals surface area contributed by atoms with Gasteiger partial charge in [-0.15, -0.1) is 0 Å². The predicted octanol–water partition coefficient (Wildman–Crippen LogP) is 0.755. The third kappa shape index (κ3) is 4.98. The molecular formula is C11H19N5O. The van der Waals surface area contributed by atoms with Crippen LogP contribution in [-0.2, 0) is 4.79 Å². The number of hydrazine groups is 1. The first kappa shape index (κ1) is 14.9. The van der Waals surface area contributed by atoms with Gasteiger partial charge in [-0.3, -0.25) is 4.79 Å². The summed E-state index contributed by atoms with van der Waals surface area (Å²) in [7, 11) is 0. The summed E-state index contributed by atoms with van der Waals surface area (Å²) in [5.74, 6) is 10.6. The second kappa shape index (κ2) is 8.12. The molecule has 1 amide bonds. The van der Waals surface area contributed by atoms with Crippen molar-refractivity contribution in [2.45, 2.75) is 20.8 Å². The maximum absolute atomic E-state index is 10.8. The first-order chi connectivity index (χ1) is 8.17. The van der Waals surface area contributed by atoms with E-state index in [1.165, 1.54) is 6.92 Å². The molecule has 0 saturated heterocycles. The Bertz CT molecular complexity index is 372. The number of rotatable bonds is 2. The van der Waals surface area contributed by atoms with Crippen LogP contribution in [0.15, 0.2) is 29.4 Å². The quantitative estimate of drug-likeness (QED) is 0.263. The second-order valence-corrected chi connectivity index (χ2v) is 2.88. The van der Waals surface area contributed by atoms with Crippen LogP contribution in [0.5, 0.6) is 0 Å². The van der Waals surface area contributed by atoms with Gasteiger partial charge in [0.15, 0.2) is 5.84 Å². The zero-order valence-electron chi connectivity index (χ0n) is 10.3. The zero-order valence-corrected chi connectivity index (χ0v) is 10.3. The Hall–Kier alpha value is -2.08. The van der Waals surface area contributed by atoms with Crippen LogP contribution in [0.4, 0.5) is 5.69 Å². The van der Waals surface area contributed by atoms with Crippen LogP contribution >= 0.6 is 0 Å². The Balaban J connectivity index is 0.00000121. The minimum absolute atomic E-state index is 0.118. The number of carbonyl (C=O) groups excluding carboxylic acids is 1. The normalized spacial score (nSPS) is 10.0. The van der Waals surface area contributed by atoms with Crippen LogP contribution < -0.4 is 22.4 Å². The SMILES string of the molecule is CC.CC(=O)Nc1ccc(/C(=N/N)NN)cc1. The summed E-state index contributed by atoms with van der Waals surface area (Å²) >= 11 is 0. The molecule has 0 radical (unpaired) electrons. The van der Waals surface area contributed by atoms with Gasteiger partial charge in [-0.25, -0.2) is 5.84 Å². The number of nitrogens with one attached hydrogen (secondary N) is 2. The molecule has 94 valence electrons. The van der Waals surface area contributed by atoms with E-state index in [0.29, 0.717) is 11.5 Å². The smallest absolute Gasteiger partial charge is 0.221 e. The van der Waals surface area contributed by atoms with Gasteiger partial charge in [0.25, 0.3) is 0 Å². The standard InChI is InChI=1S/C9H13N5O.C2H6/c1-6(15)12-8-4-2-7(3-5-8)9(13-10)14-11;1-2/h2-5H,10-11H2,1H3,(H,12,15)(H,13,14);1-2H3. The molecule has 6 N–H and O–H groups in total. The summed E-state index contributed by atoms with van der Waals surface area (Å²) in [5.41, 5.74) is 3.82. The lowest BCUT2D eigenvalue weighted by Gasteiger charge is -2.05. The minimum Gasteiger partial charge on any atom is -0.326 e. The molecule has 0 aliphatic rings. The predicted molar refractivity (Wildman–Crippen MR) is 70.1 cm³/mol. The number of nitrogens with two attached hydrogens (primary N) is 2. The first-order valence-corrected chi connectivity index (χ1v) is 5.30. The van der Waals surface area contributed by atoms with Gasteiger partial charge in [0.05, 0.1) is 0 Å². The Morgan fingerprint density at radius 2 is 1.76 bits per heavy atom. The molecule has 0 unspecified atom stereocenters. The van der Waals surface area contributed by atoms with Gasteiger partial charge in [-0.2, -0.15) is 5.10 Å². The van der Waals surface area contributed by atoms with Crippen molar-refractivity contribution in [1.29, 1.82) is 0 Å². The molecule has 6 heteroatoms. The van der Waals surface area contributed by atoms with Gasteiger partial charge in [-0.1, -0.05) is 13.8 Å². The summed E-state index contributed by atoms with van der Waals surface area (Å²) in [6.07, 6.45) is 0. The van der Waals surface area contributed by atoms with Crippen molar-refractivity contribution in [2.24, 2.45) is 16.8 Å². The number of amides is 1. The van der Waals surface area contributed by atoms with Gasteiger partial charge in [0.1, 0.15) is 0 Å². The van der Waals surface area contributed by atoms with Crippen LogP contribution in [0.2, 0.25) is 0 Å². The summed E-state index contributed by atoms with van der Waals surface area (Å²) < 4.78 is 0. The minimum atomic E-state index is -0.118. The van der Waals surface area contributed by atoms with Crippen molar-refractivity contribution in [3.8, 4) is 0 Å². The molecule has 0 fully saturated rings. The Kier molecular flexibility index (Phi) is 7.12. The van der Waals surface area contributed by atoms with E-state index in [4.69, 9.17) is 11.7 Å². The fourth-order valence-corrected chi connectivity index (χ4v) is 1.11. The molecule has 1 rings (SSSR count). The Morgan fingerprint density at radius 1 is 1.24 bits per heavy atom. The van der Waals surface area contributed by atoms with Crippen LogP contribution in [0, 0.1) is 0 Å². The van der Waals surface area contributed by atoms with Crippen molar-refractivity contribution in [3.63, 3.8) is 0 Å². The van der Waals surface area contributed by atoms with Crippen LogP contribution in [0.25, 0.3) is 0 Å². The highest BCUT2D eigenvalue weighted by Crippen LogP contribution is 2.09. The van der Waals surface area contributed by atoms with Gasteiger partial charge in [-0.05, 0) is 24.3 Å². The number of hydrogen-bond acceptors (Lipinski definition) is 4. The lowest BCUT2D eigenvalue weighted by atomic mass is 10.2. The molecular weight excluding hydrogens is 218 g/mol. The maximum atomic E-state index is 10.8. The van der Waals surface area contributed by atoms with Gasteiger partial charge in [0.2, 0.25) is 5.91 Å². The zero-order chi connectivity index (χ0) is 13.3. The summed E-state index contributed by atoms with van der Waals surface area (Å²) in [6.45, 7) is 5.45. The van der Waals surface area contributed by atoms with Crippen LogP contribution in [0.3, 0.4) is 0 Å². The average molecular weight is 237 g/mol. The van der Waals surface area contributed by atoms with E-state index in [9.17, 15) is 4.79 Å². The summed E-state index contributed by atoms with van der Waals surface area (Å²) in [4.78, 5) is 10.8. The molecule has 0 spiro atoms. The number of carbonyl (C=O) groups is 1. The van der Waals surface area contributed by atoms with Crippen LogP contribution in [0.1, 0.15) is 26.3 Å². The molecule has 17 heavy (non-hydrogen) atoms. The number of anilines is 1. The molecule has 6 nitrogen and oxygen atoms in total. The molecule has 1 aromatic carbocycles. The van der Waals surface area contributed by atoms with Crippen LogP contribution in [-0.4, -0.2) is 11.7 Å². The summed E-state index contributed by atoms with van der Waals surface area (Å²) in [6, 6.07) is 6.96. The highest BCUT2D eigenvalue weighted by atomic mass is 16.1.